The van der Waals surface area contributed by atoms with Gasteiger partial charge in [0.25, 0.3) is 0 Å². The summed E-state index contributed by atoms with van der Waals surface area (Å²) in [4.78, 5) is 4.27. The molecule has 0 unspecified atom stereocenters. The zero-order valence-electron chi connectivity index (χ0n) is 9.78. The summed E-state index contributed by atoms with van der Waals surface area (Å²) in [5, 5.41) is 0. The van der Waals surface area contributed by atoms with E-state index in [1.807, 2.05) is 0 Å². The summed E-state index contributed by atoms with van der Waals surface area (Å²) < 4.78 is 28.3. The number of nitrogens with zero attached hydrogens (tertiary/aromatic N) is 2. The second-order valence-corrected chi connectivity index (χ2v) is 4.38. The molecule has 3 aromatic rings. The molecule has 0 aliphatic carbocycles. The molecule has 0 aliphatic rings. The van der Waals surface area contributed by atoms with Crippen molar-refractivity contribution < 1.29 is 8.78 Å². The average molecular weight is 279 g/mol. The molecule has 0 spiro atoms. The Balaban J connectivity index is 2.32. The first-order valence-corrected chi connectivity index (χ1v) is 6.21. The molecule has 0 saturated heterocycles. The number of hydrogen-bond acceptors (Lipinski definition) is 1. The fraction of sp³-hybridized carbons (Fsp3) is 0.0714. The smallest absolute Gasteiger partial charge is 0.129 e. The van der Waals surface area contributed by atoms with Crippen LogP contribution in [-0.2, 0) is 5.88 Å². The molecular formula is C14H9ClF2N2. The standard InChI is InChI=1S/C14H9ClF2N2/c15-8-14-18-12-7-10(17)4-5-13(12)19(14)11-3-1-2-9(16)6-11/h1-7H,8H2. The minimum atomic E-state index is -0.363. The lowest BCUT2D eigenvalue weighted by Gasteiger charge is -2.07. The van der Waals surface area contributed by atoms with E-state index >= 15 is 0 Å². The van der Waals surface area contributed by atoms with Gasteiger partial charge >= 0.3 is 0 Å². The summed E-state index contributed by atoms with van der Waals surface area (Å²) in [6, 6.07) is 10.4. The highest BCUT2D eigenvalue weighted by atomic mass is 35.5. The highest BCUT2D eigenvalue weighted by Crippen LogP contribution is 2.23. The SMILES string of the molecule is Fc1cccc(-n2c(CCl)nc3cc(F)ccc32)c1. The Morgan fingerprint density at radius 2 is 1.84 bits per heavy atom. The molecule has 0 aliphatic heterocycles. The molecule has 0 radical (unpaired) electrons. The van der Waals surface area contributed by atoms with Crippen LogP contribution in [0.15, 0.2) is 42.5 Å². The van der Waals surface area contributed by atoms with Crippen LogP contribution in [0.5, 0.6) is 0 Å². The van der Waals surface area contributed by atoms with E-state index in [0.717, 1.165) is 0 Å². The normalized spacial score (nSPS) is 11.1. The Bertz CT molecular complexity index is 752. The second kappa shape index (κ2) is 4.63. The van der Waals surface area contributed by atoms with E-state index in [9.17, 15) is 8.78 Å². The number of benzene rings is 2. The quantitative estimate of drug-likeness (QED) is 0.647. The average Bonchev–Trinajstić information content (AvgIpc) is 2.76. The third kappa shape index (κ3) is 2.08. The van der Waals surface area contributed by atoms with E-state index in [-0.39, 0.29) is 17.5 Å². The Morgan fingerprint density at radius 3 is 2.58 bits per heavy atom. The van der Waals surface area contributed by atoms with Gasteiger partial charge in [0, 0.05) is 6.07 Å². The Kier molecular flexibility index (Phi) is 2.95. The van der Waals surface area contributed by atoms with Gasteiger partial charge < -0.3 is 0 Å². The first-order valence-electron chi connectivity index (χ1n) is 5.68. The maximum Gasteiger partial charge on any atom is 0.129 e. The van der Waals surface area contributed by atoms with Crippen molar-refractivity contribution in [3.05, 3.63) is 59.9 Å². The van der Waals surface area contributed by atoms with Gasteiger partial charge in [0.05, 0.1) is 22.6 Å². The molecule has 2 aromatic carbocycles. The summed E-state index contributed by atoms with van der Waals surface area (Å²) in [5.41, 5.74) is 1.81. The molecule has 0 N–H and O–H groups in total. The van der Waals surface area contributed by atoms with Gasteiger partial charge in [-0.2, -0.15) is 0 Å². The number of fused-ring (bicyclic) bond motifs is 1. The lowest BCUT2D eigenvalue weighted by Crippen LogP contribution is -1.99. The largest absolute Gasteiger partial charge is 0.295 e. The minimum absolute atomic E-state index is 0.160. The number of hydrogen-bond donors (Lipinski definition) is 0. The van der Waals surface area contributed by atoms with Gasteiger partial charge in [-0.05, 0) is 30.3 Å². The number of alkyl halides is 1. The molecule has 0 atom stereocenters. The highest BCUT2D eigenvalue weighted by Gasteiger charge is 2.12. The molecule has 19 heavy (non-hydrogen) atoms. The fourth-order valence-corrected chi connectivity index (χ4v) is 2.28. The van der Waals surface area contributed by atoms with Gasteiger partial charge in [0.2, 0.25) is 0 Å². The van der Waals surface area contributed by atoms with E-state index in [1.54, 1.807) is 22.8 Å². The van der Waals surface area contributed by atoms with E-state index in [4.69, 9.17) is 11.6 Å². The number of rotatable bonds is 2. The van der Waals surface area contributed by atoms with Crippen molar-refractivity contribution in [3.8, 4) is 5.69 Å². The van der Waals surface area contributed by atoms with Crippen LogP contribution in [0.3, 0.4) is 0 Å². The van der Waals surface area contributed by atoms with E-state index in [1.165, 1.54) is 24.3 Å². The Hall–Kier alpha value is -1.94. The van der Waals surface area contributed by atoms with Crippen molar-refractivity contribution in [3.63, 3.8) is 0 Å². The van der Waals surface area contributed by atoms with Crippen LogP contribution in [0.1, 0.15) is 5.82 Å². The summed E-state index contributed by atoms with van der Waals surface area (Å²) in [5.74, 6) is -0.000311. The molecule has 0 fully saturated rings. The lowest BCUT2D eigenvalue weighted by molar-refractivity contribution is 0.626. The van der Waals surface area contributed by atoms with E-state index < -0.39 is 0 Å². The maximum atomic E-state index is 13.3. The van der Waals surface area contributed by atoms with Gasteiger partial charge in [-0.25, -0.2) is 13.8 Å². The van der Waals surface area contributed by atoms with Crippen LogP contribution in [0.2, 0.25) is 0 Å². The molecule has 5 heteroatoms. The maximum absolute atomic E-state index is 13.3. The molecule has 0 saturated carbocycles. The molecular weight excluding hydrogens is 270 g/mol. The monoisotopic (exact) mass is 278 g/mol. The predicted octanol–water partition coefficient (Wildman–Crippen LogP) is 4.04. The summed E-state index contributed by atoms with van der Waals surface area (Å²) in [6.45, 7) is 0. The molecule has 1 heterocycles. The molecule has 96 valence electrons. The van der Waals surface area contributed by atoms with Crippen molar-refractivity contribution >= 4 is 22.6 Å². The van der Waals surface area contributed by atoms with E-state index in [0.29, 0.717) is 22.5 Å². The zero-order valence-corrected chi connectivity index (χ0v) is 10.5. The Morgan fingerprint density at radius 1 is 1.05 bits per heavy atom. The Labute approximate surface area is 113 Å². The van der Waals surface area contributed by atoms with Crippen LogP contribution < -0.4 is 0 Å². The van der Waals surface area contributed by atoms with Crippen LogP contribution in [-0.4, -0.2) is 9.55 Å². The third-order valence-electron chi connectivity index (χ3n) is 2.87. The lowest BCUT2D eigenvalue weighted by atomic mass is 10.2. The molecule has 0 amide bonds. The molecule has 3 rings (SSSR count). The molecule has 2 nitrogen and oxygen atoms in total. The third-order valence-corrected chi connectivity index (χ3v) is 3.11. The highest BCUT2D eigenvalue weighted by molar-refractivity contribution is 6.17. The topological polar surface area (TPSA) is 17.8 Å². The fourth-order valence-electron chi connectivity index (χ4n) is 2.10. The number of imidazole rings is 1. The van der Waals surface area contributed by atoms with E-state index in [2.05, 4.69) is 4.98 Å². The van der Waals surface area contributed by atoms with Crippen molar-refractivity contribution in [2.75, 3.05) is 0 Å². The van der Waals surface area contributed by atoms with Crippen LogP contribution in [0, 0.1) is 11.6 Å². The predicted molar refractivity (Wildman–Crippen MR) is 70.5 cm³/mol. The van der Waals surface area contributed by atoms with Crippen LogP contribution in [0.4, 0.5) is 8.78 Å². The zero-order chi connectivity index (χ0) is 13.4. The van der Waals surface area contributed by atoms with Gasteiger partial charge in [-0.3, -0.25) is 4.57 Å². The van der Waals surface area contributed by atoms with Crippen molar-refractivity contribution in [2.24, 2.45) is 0 Å². The number of aromatic nitrogens is 2. The van der Waals surface area contributed by atoms with Crippen LogP contribution >= 0.6 is 11.6 Å². The number of halogens is 3. The van der Waals surface area contributed by atoms with Gasteiger partial charge in [-0.15, -0.1) is 11.6 Å². The van der Waals surface area contributed by atoms with Crippen LogP contribution in [0.25, 0.3) is 16.7 Å². The van der Waals surface area contributed by atoms with Crippen molar-refractivity contribution in [1.29, 1.82) is 0 Å². The summed E-state index contributed by atoms with van der Waals surface area (Å²) in [7, 11) is 0. The first kappa shape index (κ1) is 12.1. The summed E-state index contributed by atoms with van der Waals surface area (Å²) in [6.07, 6.45) is 0. The summed E-state index contributed by atoms with van der Waals surface area (Å²) >= 11 is 5.86. The van der Waals surface area contributed by atoms with Gasteiger partial charge in [-0.1, -0.05) is 6.07 Å². The van der Waals surface area contributed by atoms with Gasteiger partial charge in [0.15, 0.2) is 0 Å². The van der Waals surface area contributed by atoms with Gasteiger partial charge in [0.1, 0.15) is 17.5 Å². The first-order chi connectivity index (χ1) is 9.19. The minimum Gasteiger partial charge on any atom is -0.295 e. The second-order valence-electron chi connectivity index (χ2n) is 4.11. The molecule has 0 bridgehead atoms. The molecule has 1 aromatic heterocycles. The van der Waals surface area contributed by atoms with Crippen molar-refractivity contribution in [2.45, 2.75) is 5.88 Å². The van der Waals surface area contributed by atoms with Crippen molar-refractivity contribution in [1.82, 2.24) is 9.55 Å².